The number of hydrogen-bond donors (Lipinski definition) is 2. The van der Waals surface area contributed by atoms with Gasteiger partial charge in [-0.3, -0.25) is 9.59 Å². The zero-order valence-electron chi connectivity index (χ0n) is 14.0. The molecule has 6 heteroatoms. The van der Waals surface area contributed by atoms with E-state index in [0.29, 0.717) is 17.1 Å². The molecule has 1 heterocycles. The summed E-state index contributed by atoms with van der Waals surface area (Å²) >= 11 is 0. The van der Waals surface area contributed by atoms with Crippen molar-refractivity contribution in [2.45, 2.75) is 39.2 Å². The van der Waals surface area contributed by atoms with E-state index in [1.807, 2.05) is 11.8 Å². The van der Waals surface area contributed by atoms with Gasteiger partial charge in [0, 0.05) is 25.7 Å². The van der Waals surface area contributed by atoms with Gasteiger partial charge in [0.05, 0.1) is 12.8 Å². The molecule has 0 spiro atoms. The number of methoxy groups -OCH3 is 1. The molecule has 0 bridgehead atoms. The van der Waals surface area contributed by atoms with Crippen molar-refractivity contribution in [3.05, 3.63) is 18.2 Å². The minimum atomic E-state index is -0.352. The van der Waals surface area contributed by atoms with Crippen LogP contribution in [0.25, 0.3) is 0 Å². The van der Waals surface area contributed by atoms with Crippen molar-refractivity contribution in [1.29, 1.82) is 0 Å². The maximum atomic E-state index is 12.5. The molecule has 2 rings (SSSR count). The van der Waals surface area contributed by atoms with Crippen molar-refractivity contribution in [2.75, 3.05) is 30.8 Å². The Balaban J connectivity index is 2.10. The van der Waals surface area contributed by atoms with Crippen LogP contribution in [0.2, 0.25) is 0 Å². The number of carbonyl (C=O) groups is 2. The highest BCUT2D eigenvalue weighted by molar-refractivity contribution is 5.90. The van der Waals surface area contributed by atoms with E-state index in [-0.39, 0.29) is 17.9 Å². The Bertz CT molecular complexity index is 568. The standard InChI is InChI=1S/C17H25N3O3/c1-12(17(22)20-9-5-4-6-10-20)18-15-11-14(19-13(2)21)7-8-16(15)23-3/h7-8,11-12,18H,4-6,9-10H2,1-3H3,(H,19,21)/t12-/m1/s1. The van der Waals surface area contributed by atoms with E-state index in [1.165, 1.54) is 13.3 Å². The lowest BCUT2D eigenvalue weighted by atomic mass is 10.1. The fourth-order valence-corrected chi connectivity index (χ4v) is 2.78. The van der Waals surface area contributed by atoms with Gasteiger partial charge in [0.25, 0.3) is 0 Å². The van der Waals surface area contributed by atoms with Gasteiger partial charge in [-0.05, 0) is 44.4 Å². The van der Waals surface area contributed by atoms with Crippen molar-refractivity contribution in [2.24, 2.45) is 0 Å². The van der Waals surface area contributed by atoms with Gasteiger partial charge in [-0.1, -0.05) is 0 Å². The minimum Gasteiger partial charge on any atom is -0.495 e. The Morgan fingerprint density at radius 3 is 2.52 bits per heavy atom. The average molecular weight is 319 g/mol. The van der Waals surface area contributed by atoms with Crippen LogP contribution in [0.4, 0.5) is 11.4 Å². The van der Waals surface area contributed by atoms with Gasteiger partial charge in [0.2, 0.25) is 11.8 Å². The highest BCUT2D eigenvalue weighted by atomic mass is 16.5. The lowest BCUT2D eigenvalue weighted by Crippen LogP contribution is -2.43. The Morgan fingerprint density at radius 1 is 1.22 bits per heavy atom. The maximum Gasteiger partial charge on any atom is 0.244 e. The van der Waals surface area contributed by atoms with Crippen LogP contribution >= 0.6 is 0 Å². The number of amides is 2. The van der Waals surface area contributed by atoms with Crippen molar-refractivity contribution < 1.29 is 14.3 Å². The number of likely N-dealkylation sites (tertiary alicyclic amines) is 1. The molecule has 0 aromatic heterocycles. The molecule has 1 aromatic rings. The van der Waals surface area contributed by atoms with E-state index in [9.17, 15) is 9.59 Å². The summed E-state index contributed by atoms with van der Waals surface area (Å²) < 4.78 is 5.33. The van der Waals surface area contributed by atoms with Crippen molar-refractivity contribution in [3.8, 4) is 5.75 Å². The Labute approximate surface area is 137 Å². The number of anilines is 2. The molecule has 1 aromatic carbocycles. The number of nitrogens with zero attached hydrogens (tertiary/aromatic N) is 1. The first kappa shape index (κ1) is 17.1. The summed E-state index contributed by atoms with van der Waals surface area (Å²) in [6, 6.07) is 4.96. The second kappa shape index (κ2) is 7.85. The number of nitrogens with one attached hydrogen (secondary N) is 2. The lowest BCUT2D eigenvalue weighted by molar-refractivity contribution is -0.132. The van der Waals surface area contributed by atoms with Crippen LogP contribution in [0, 0.1) is 0 Å². The number of hydrogen-bond acceptors (Lipinski definition) is 4. The Hall–Kier alpha value is -2.24. The third-order valence-corrected chi connectivity index (χ3v) is 3.93. The third-order valence-electron chi connectivity index (χ3n) is 3.93. The summed E-state index contributed by atoms with van der Waals surface area (Å²) in [6.07, 6.45) is 3.33. The van der Waals surface area contributed by atoms with Crippen molar-refractivity contribution in [1.82, 2.24) is 4.90 Å². The normalized spacial score (nSPS) is 15.7. The first-order valence-corrected chi connectivity index (χ1v) is 8.02. The topological polar surface area (TPSA) is 70.7 Å². The molecule has 2 N–H and O–H groups in total. The van der Waals surface area contributed by atoms with E-state index in [1.54, 1.807) is 25.3 Å². The van der Waals surface area contributed by atoms with Gasteiger partial charge in [-0.2, -0.15) is 0 Å². The summed E-state index contributed by atoms with van der Waals surface area (Å²) in [5.41, 5.74) is 1.36. The molecule has 0 saturated carbocycles. The molecule has 23 heavy (non-hydrogen) atoms. The number of piperidine rings is 1. The van der Waals surface area contributed by atoms with E-state index in [2.05, 4.69) is 10.6 Å². The quantitative estimate of drug-likeness (QED) is 0.874. The fraction of sp³-hybridized carbons (Fsp3) is 0.529. The van der Waals surface area contributed by atoms with Crippen LogP contribution in [-0.4, -0.2) is 43.0 Å². The second-order valence-electron chi connectivity index (χ2n) is 5.85. The first-order chi connectivity index (χ1) is 11.0. The molecule has 0 radical (unpaired) electrons. The van der Waals surface area contributed by atoms with Gasteiger partial charge in [-0.15, -0.1) is 0 Å². The molecular formula is C17H25N3O3. The predicted molar refractivity (Wildman–Crippen MR) is 90.8 cm³/mol. The zero-order chi connectivity index (χ0) is 16.8. The molecule has 0 unspecified atom stereocenters. The van der Waals surface area contributed by atoms with Crippen LogP contribution in [0.1, 0.15) is 33.1 Å². The van der Waals surface area contributed by atoms with Crippen LogP contribution < -0.4 is 15.4 Å². The van der Waals surface area contributed by atoms with E-state index in [0.717, 1.165) is 25.9 Å². The van der Waals surface area contributed by atoms with Crippen LogP contribution in [-0.2, 0) is 9.59 Å². The molecular weight excluding hydrogens is 294 g/mol. The molecule has 126 valence electrons. The summed E-state index contributed by atoms with van der Waals surface area (Å²) in [6.45, 7) is 4.96. The largest absolute Gasteiger partial charge is 0.495 e. The van der Waals surface area contributed by atoms with Gasteiger partial charge in [0.15, 0.2) is 0 Å². The van der Waals surface area contributed by atoms with Crippen molar-refractivity contribution >= 4 is 23.2 Å². The molecule has 1 aliphatic heterocycles. The SMILES string of the molecule is COc1ccc(NC(C)=O)cc1N[C@H](C)C(=O)N1CCCCC1. The van der Waals surface area contributed by atoms with Crippen LogP contribution in [0.15, 0.2) is 18.2 Å². The molecule has 2 amide bonds. The Morgan fingerprint density at radius 2 is 1.91 bits per heavy atom. The summed E-state index contributed by atoms with van der Waals surface area (Å²) in [4.78, 5) is 25.6. The maximum absolute atomic E-state index is 12.5. The average Bonchev–Trinajstić information content (AvgIpc) is 2.54. The van der Waals surface area contributed by atoms with E-state index < -0.39 is 0 Å². The number of rotatable bonds is 5. The summed E-state index contributed by atoms with van der Waals surface area (Å²) in [7, 11) is 1.58. The van der Waals surface area contributed by atoms with Crippen molar-refractivity contribution in [3.63, 3.8) is 0 Å². The smallest absolute Gasteiger partial charge is 0.244 e. The molecule has 1 fully saturated rings. The highest BCUT2D eigenvalue weighted by Gasteiger charge is 2.22. The third kappa shape index (κ3) is 4.61. The zero-order valence-corrected chi connectivity index (χ0v) is 14.0. The van der Waals surface area contributed by atoms with E-state index in [4.69, 9.17) is 4.74 Å². The first-order valence-electron chi connectivity index (χ1n) is 8.02. The van der Waals surface area contributed by atoms with Gasteiger partial charge in [0.1, 0.15) is 11.8 Å². The van der Waals surface area contributed by atoms with Gasteiger partial charge < -0.3 is 20.3 Å². The predicted octanol–water partition coefficient (Wildman–Crippen LogP) is 2.47. The Kier molecular flexibility index (Phi) is 5.84. The number of carbonyl (C=O) groups excluding carboxylic acids is 2. The number of ether oxygens (including phenoxy) is 1. The lowest BCUT2D eigenvalue weighted by Gasteiger charge is -2.30. The van der Waals surface area contributed by atoms with Crippen LogP contribution in [0.3, 0.4) is 0 Å². The molecule has 0 aliphatic carbocycles. The second-order valence-corrected chi connectivity index (χ2v) is 5.85. The molecule has 1 atom stereocenters. The fourth-order valence-electron chi connectivity index (χ4n) is 2.78. The minimum absolute atomic E-state index is 0.0942. The van der Waals surface area contributed by atoms with Gasteiger partial charge in [-0.25, -0.2) is 0 Å². The molecule has 1 aliphatic rings. The summed E-state index contributed by atoms with van der Waals surface area (Å²) in [5.74, 6) is 0.590. The number of benzene rings is 1. The van der Waals surface area contributed by atoms with Gasteiger partial charge >= 0.3 is 0 Å². The summed E-state index contributed by atoms with van der Waals surface area (Å²) in [5, 5.41) is 5.94. The highest BCUT2D eigenvalue weighted by Crippen LogP contribution is 2.28. The molecule has 6 nitrogen and oxygen atoms in total. The monoisotopic (exact) mass is 319 g/mol. The van der Waals surface area contributed by atoms with E-state index >= 15 is 0 Å². The van der Waals surface area contributed by atoms with Crippen LogP contribution in [0.5, 0.6) is 5.75 Å². The molecule has 1 saturated heterocycles.